The topological polar surface area (TPSA) is 81.0 Å². The molecule has 23 heavy (non-hydrogen) atoms. The summed E-state index contributed by atoms with van der Waals surface area (Å²) in [7, 11) is 0. The lowest BCUT2D eigenvalue weighted by Gasteiger charge is -2.08. The van der Waals surface area contributed by atoms with Gasteiger partial charge in [0.15, 0.2) is 0 Å². The van der Waals surface area contributed by atoms with E-state index in [9.17, 15) is 14.5 Å². The highest BCUT2D eigenvalue weighted by Gasteiger charge is 2.09. The quantitative estimate of drug-likeness (QED) is 0.577. The van der Waals surface area contributed by atoms with Gasteiger partial charge in [-0.1, -0.05) is 18.2 Å². The zero-order valence-electron chi connectivity index (χ0n) is 12.1. The third kappa shape index (κ3) is 3.23. The van der Waals surface area contributed by atoms with Crippen LogP contribution in [0.25, 0.3) is 10.9 Å². The van der Waals surface area contributed by atoms with E-state index >= 15 is 0 Å². The van der Waals surface area contributed by atoms with Crippen LogP contribution in [0.4, 0.5) is 15.9 Å². The first-order chi connectivity index (χ1) is 11.1. The Bertz CT molecular complexity index is 864. The highest BCUT2D eigenvalue weighted by molar-refractivity contribution is 5.89. The molecule has 7 heteroatoms. The summed E-state index contributed by atoms with van der Waals surface area (Å²) >= 11 is 0. The number of hydrogen-bond acceptors (Lipinski definition) is 5. The molecule has 0 radical (unpaired) electrons. The van der Waals surface area contributed by atoms with Crippen LogP contribution in [-0.2, 0) is 6.42 Å². The molecule has 1 N–H and O–H groups in total. The van der Waals surface area contributed by atoms with E-state index in [1.807, 2.05) is 6.07 Å². The van der Waals surface area contributed by atoms with E-state index in [2.05, 4.69) is 15.3 Å². The Morgan fingerprint density at radius 1 is 1.17 bits per heavy atom. The summed E-state index contributed by atoms with van der Waals surface area (Å²) in [6, 6.07) is 11.1. The Morgan fingerprint density at radius 2 is 2.00 bits per heavy atom. The molecule has 0 amide bonds. The maximum absolute atomic E-state index is 13.9. The van der Waals surface area contributed by atoms with Crippen LogP contribution in [0.3, 0.4) is 0 Å². The highest BCUT2D eigenvalue weighted by atomic mass is 19.1. The number of nitro groups is 1. The molecule has 0 aliphatic rings. The van der Waals surface area contributed by atoms with Gasteiger partial charge in [-0.3, -0.25) is 10.1 Å². The second-order valence-electron chi connectivity index (χ2n) is 4.96. The lowest BCUT2D eigenvalue weighted by molar-refractivity contribution is -0.384. The van der Waals surface area contributed by atoms with Crippen LogP contribution < -0.4 is 5.32 Å². The van der Waals surface area contributed by atoms with Gasteiger partial charge in [0.25, 0.3) is 5.69 Å². The third-order valence-corrected chi connectivity index (χ3v) is 3.44. The van der Waals surface area contributed by atoms with Gasteiger partial charge in [-0.2, -0.15) is 0 Å². The summed E-state index contributed by atoms with van der Waals surface area (Å²) in [6.45, 7) is 0.474. The van der Waals surface area contributed by atoms with Crippen molar-refractivity contribution in [2.24, 2.45) is 0 Å². The molecule has 0 fully saturated rings. The van der Waals surface area contributed by atoms with Crippen molar-refractivity contribution in [2.45, 2.75) is 6.42 Å². The summed E-state index contributed by atoms with van der Waals surface area (Å²) in [5.74, 6) is 0.0273. The van der Waals surface area contributed by atoms with Gasteiger partial charge >= 0.3 is 0 Å². The summed E-state index contributed by atoms with van der Waals surface area (Å²) < 4.78 is 13.9. The van der Waals surface area contributed by atoms with Gasteiger partial charge in [0, 0.05) is 18.7 Å². The minimum absolute atomic E-state index is 0.0565. The van der Waals surface area contributed by atoms with Crippen molar-refractivity contribution < 1.29 is 9.31 Å². The van der Waals surface area contributed by atoms with Crippen molar-refractivity contribution in [3.8, 4) is 0 Å². The van der Waals surface area contributed by atoms with E-state index in [-0.39, 0.29) is 11.5 Å². The molecule has 0 saturated heterocycles. The monoisotopic (exact) mass is 312 g/mol. The molecule has 0 spiro atoms. The first-order valence-electron chi connectivity index (χ1n) is 7.01. The van der Waals surface area contributed by atoms with E-state index in [1.165, 1.54) is 24.5 Å². The molecule has 2 aromatic carbocycles. The highest BCUT2D eigenvalue weighted by Crippen LogP contribution is 2.22. The average molecular weight is 312 g/mol. The Balaban J connectivity index is 1.74. The van der Waals surface area contributed by atoms with Gasteiger partial charge in [0.2, 0.25) is 0 Å². The van der Waals surface area contributed by atoms with Gasteiger partial charge in [0.1, 0.15) is 18.0 Å². The van der Waals surface area contributed by atoms with Crippen molar-refractivity contribution in [2.75, 3.05) is 11.9 Å². The zero-order chi connectivity index (χ0) is 16.2. The van der Waals surface area contributed by atoms with E-state index in [0.717, 1.165) is 5.56 Å². The number of non-ortho nitro benzene ring substituents is 1. The third-order valence-electron chi connectivity index (χ3n) is 3.44. The van der Waals surface area contributed by atoms with Crippen LogP contribution in [0.1, 0.15) is 5.56 Å². The lowest BCUT2D eigenvalue weighted by Crippen LogP contribution is -2.08. The van der Waals surface area contributed by atoms with E-state index in [4.69, 9.17) is 0 Å². The molecular weight excluding hydrogens is 299 g/mol. The molecule has 116 valence electrons. The predicted molar refractivity (Wildman–Crippen MR) is 84.8 cm³/mol. The number of nitro benzene ring substituents is 1. The largest absolute Gasteiger partial charge is 0.369 e. The number of anilines is 1. The fourth-order valence-corrected chi connectivity index (χ4v) is 2.35. The molecular formula is C16H13FN4O2. The van der Waals surface area contributed by atoms with E-state index in [0.29, 0.717) is 29.7 Å². The molecule has 6 nitrogen and oxygen atoms in total. The van der Waals surface area contributed by atoms with Crippen LogP contribution in [0, 0.1) is 15.9 Å². The zero-order valence-corrected chi connectivity index (χ0v) is 12.1. The van der Waals surface area contributed by atoms with E-state index < -0.39 is 4.92 Å². The summed E-state index contributed by atoms with van der Waals surface area (Å²) in [5.41, 5.74) is 1.41. The molecule has 0 bridgehead atoms. The Morgan fingerprint density at radius 3 is 2.83 bits per heavy atom. The van der Waals surface area contributed by atoms with Gasteiger partial charge < -0.3 is 5.32 Å². The number of fused-ring (bicyclic) bond motifs is 1. The van der Waals surface area contributed by atoms with Crippen molar-refractivity contribution in [1.82, 2.24) is 9.97 Å². The smallest absolute Gasteiger partial charge is 0.269 e. The number of halogens is 1. The molecule has 3 aromatic rings. The van der Waals surface area contributed by atoms with Crippen molar-refractivity contribution in [3.63, 3.8) is 0 Å². The first-order valence-corrected chi connectivity index (χ1v) is 7.01. The second-order valence-corrected chi connectivity index (χ2v) is 4.96. The minimum atomic E-state index is -0.426. The average Bonchev–Trinajstić information content (AvgIpc) is 2.55. The molecule has 0 aliphatic heterocycles. The first kappa shape index (κ1) is 14.8. The standard InChI is InChI=1S/C16H13FN4O2/c17-13-5-2-6-14-15(13)16(20-10-19-14)18-8-7-11-3-1-4-12(9-11)21(22)23/h1-6,9-10H,7-8H2,(H,18,19,20). The molecule has 0 unspecified atom stereocenters. The molecule has 1 aromatic heterocycles. The minimum Gasteiger partial charge on any atom is -0.369 e. The van der Waals surface area contributed by atoms with E-state index in [1.54, 1.807) is 18.2 Å². The Hall–Kier alpha value is -3.09. The van der Waals surface area contributed by atoms with Gasteiger partial charge in [-0.15, -0.1) is 0 Å². The van der Waals surface area contributed by atoms with Crippen LogP contribution in [0.5, 0.6) is 0 Å². The number of rotatable bonds is 5. The van der Waals surface area contributed by atoms with Gasteiger partial charge in [-0.25, -0.2) is 14.4 Å². The van der Waals surface area contributed by atoms with Gasteiger partial charge in [-0.05, 0) is 24.1 Å². The SMILES string of the molecule is O=[N+]([O-])c1cccc(CCNc2ncnc3cccc(F)c23)c1. The van der Waals surface area contributed by atoms with Crippen LogP contribution in [0.15, 0.2) is 48.8 Å². The van der Waals surface area contributed by atoms with Crippen LogP contribution in [-0.4, -0.2) is 21.4 Å². The Kier molecular flexibility index (Phi) is 4.09. The number of aromatic nitrogens is 2. The maximum atomic E-state index is 13.9. The molecule has 1 heterocycles. The second kappa shape index (κ2) is 6.35. The fraction of sp³-hybridized carbons (Fsp3) is 0.125. The van der Waals surface area contributed by atoms with Gasteiger partial charge in [0.05, 0.1) is 15.8 Å². The van der Waals surface area contributed by atoms with Crippen molar-refractivity contribution >= 4 is 22.4 Å². The molecule has 3 rings (SSSR count). The van der Waals surface area contributed by atoms with Crippen molar-refractivity contribution in [3.05, 3.63) is 70.3 Å². The lowest BCUT2D eigenvalue weighted by atomic mass is 10.1. The fourth-order valence-electron chi connectivity index (χ4n) is 2.35. The molecule has 0 saturated carbocycles. The normalized spacial score (nSPS) is 10.7. The summed E-state index contributed by atoms with van der Waals surface area (Å²) in [6.07, 6.45) is 1.93. The summed E-state index contributed by atoms with van der Waals surface area (Å²) in [4.78, 5) is 18.4. The predicted octanol–water partition coefficient (Wildman–Crippen LogP) is 3.33. The number of hydrogen-bond donors (Lipinski definition) is 1. The number of nitrogens with one attached hydrogen (secondary N) is 1. The maximum Gasteiger partial charge on any atom is 0.269 e. The molecule has 0 aliphatic carbocycles. The summed E-state index contributed by atoms with van der Waals surface area (Å²) in [5, 5.41) is 14.2. The van der Waals surface area contributed by atoms with Crippen LogP contribution in [0.2, 0.25) is 0 Å². The number of benzene rings is 2. The Labute approximate surface area is 131 Å². The number of nitrogens with zero attached hydrogens (tertiary/aromatic N) is 3. The van der Waals surface area contributed by atoms with Crippen LogP contribution >= 0.6 is 0 Å². The van der Waals surface area contributed by atoms with Crippen molar-refractivity contribution in [1.29, 1.82) is 0 Å². The molecule has 0 atom stereocenters.